The predicted octanol–water partition coefficient (Wildman–Crippen LogP) is 5.15. The molecule has 35 heavy (non-hydrogen) atoms. The summed E-state index contributed by atoms with van der Waals surface area (Å²) in [4.78, 5) is 39.3. The second-order valence-corrected chi connectivity index (χ2v) is 8.57. The molecule has 4 rings (SSSR count). The molecule has 1 saturated heterocycles. The van der Waals surface area contributed by atoms with Crippen LogP contribution in [0, 0.1) is 12.7 Å². The summed E-state index contributed by atoms with van der Waals surface area (Å²) in [5, 5.41) is 2.21. The number of amides is 4. The summed E-state index contributed by atoms with van der Waals surface area (Å²) < 4.78 is 25.5. The van der Waals surface area contributed by atoms with Crippen LogP contribution in [0.4, 0.5) is 14.9 Å². The normalized spacial score (nSPS) is 14.8. The van der Waals surface area contributed by atoms with Crippen LogP contribution in [-0.4, -0.2) is 25.0 Å². The molecule has 3 aromatic carbocycles. The second kappa shape index (κ2) is 10.1. The number of hydrogen-bond donors (Lipinski definition) is 1. The van der Waals surface area contributed by atoms with E-state index in [-0.39, 0.29) is 12.2 Å². The number of halogens is 2. The van der Waals surface area contributed by atoms with Crippen LogP contribution in [0.5, 0.6) is 11.5 Å². The summed E-state index contributed by atoms with van der Waals surface area (Å²) in [7, 11) is 1.49. The minimum Gasteiger partial charge on any atom is -0.497 e. The van der Waals surface area contributed by atoms with E-state index in [9.17, 15) is 18.8 Å². The third-order valence-electron chi connectivity index (χ3n) is 5.31. The maximum absolute atomic E-state index is 13.5. The quantitative estimate of drug-likeness (QED) is 0.346. The van der Waals surface area contributed by atoms with Gasteiger partial charge in [-0.15, -0.1) is 0 Å². The van der Waals surface area contributed by atoms with Crippen molar-refractivity contribution in [2.45, 2.75) is 13.5 Å². The maximum Gasteiger partial charge on any atom is 0.335 e. The molecule has 0 aromatic heterocycles. The molecular formula is C26H20BrFN2O5. The lowest BCUT2D eigenvalue weighted by Gasteiger charge is -2.27. The molecule has 3 aromatic rings. The number of rotatable bonds is 6. The van der Waals surface area contributed by atoms with Crippen LogP contribution >= 0.6 is 15.9 Å². The fourth-order valence-corrected chi connectivity index (χ4v) is 3.74. The van der Waals surface area contributed by atoms with Gasteiger partial charge in [0.15, 0.2) is 0 Å². The summed E-state index contributed by atoms with van der Waals surface area (Å²) in [5.74, 6) is -1.19. The number of benzene rings is 3. The number of carbonyl (C=O) groups is 3. The Balaban J connectivity index is 1.69. The van der Waals surface area contributed by atoms with Gasteiger partial charge in [-0.1, -0.05) is 28.1 Å². The van der Waals surface area contributed by atoms with Gasteiger partial charge in [0.1, 0.15) is 29.5 Å². The van der Waals surface area contributed by atoms with E-state index in [1.54, 1.807) is 48.5 Å². The summed E-state index contributed by atoms with van der Waals surface area (Å²) in [6.07, 6.45) is 1.35. The summed E-state index contributed by atoms with van der Waals surface area (Å²) in [6, 6.07) is 15.0. The number of anilines is 1. The molecule has 0 bridgehead atoms. The average Bonchev–Trinajstić information content (AvgIpc) is 2.83. The van der Waals surface area contributed by atoms with E-state index in [1.807, 2.05) is 6.92 Å². The van der Waals surface area contributed by atoms with Gasteiger partial charge in [-0.2, -0.15) is 0 Å². The molecule has 0 spiro atoms. The Labute approximate surface area is 209 Å². The minimum absolute atomic E-state index is 0.0457. The van der Waals surface area contributed by atoms with Gasteiger partial charge >= 0.3 is 6.03 Å². The molecule has 1 aliphatic heterocycles. The number of carbonyl (C=O) groups excluding carboxylic acids is 3. The third kappa shape index (κ3) is 5.25. The Morgan fingerprint density at radius 1 is 1.06 bits per heavy atom. The zero-order valence-electron chi connectivity index (χ0n) is 18.8. The molecule has 9 heteroatoms. The van der Waals surface area contributed by atoms with Crippen LogP contribution in [0.15, 0.2) is 70.7 Å². The number of urea groups is 1. The van der Waals surface area contributed by atoms with Crippen molar-refractivity contribution in [2.24, 2.45) is 0 Å². The van der Waals surface area contributed by atoms with E-state index < -0.39 is 23.7 Å². The Bertz CT molecular complexity index is 1370. The van der Waals surface area contributed by atoms with Crippen LogP contribution in [-0.2, 0) is 16.2 Å². The number of hydrogen-bond acceptors (Lipinski definition) is 5. The van der Waals surface area contributed by atoms with E-state index >= 15 is 0 Å². The number of aryl methyl sites for hydroxylation is 1. The zero-order chi connectivity index (χ0) is 25.1. The average molecular weight is 539 g/mol. The SMILES string of the molecule is COc1ccc(/C=C2/C(=O)NC(=O)N(c3ccc(Br)c(C)c3)C2=O)c(OCc2cccc(F)c2)c1. The molecule has 1 N–H and O–H groups in total. The Hall–Kier alpha value is -3.98. The highest BCUT2D eigenvalue weighted by Crippen LogP contribution is 2.30. The molecule has 0 aliphatic carbocycles. The Kier molecular flexibility index (Phi) is 6.97. The summed E-state index contributed by atoms with van der Waals surface area (Å²) in [5.41, 5.74) is 1.89. The molecule has 0 saturated carbocycles. The van der Waals surface area contributed by atoms with Gasteiger partial charge in [0, 0.05) is 16.1 Å². The number of ether oxygens (including phenoxy) is 2. The molecule has 178 valence electrons. The lowest BCUT2D eigenvalue weighted by atomic mass is 10.1. The Morgan fingerprint density at radius 3 is 2.57 bits per heavy atom. The largest absolute Gasteiger partial charge is 0.497 e. The van der Waals surface area contributed by atoms with E-state index in [0.29, 0.717) is 28.3 Å². The highest BCUT2D eigenvalue weighted by atomic mass is 79.9. The molecule has 4 amide bonds. The standard InChI is InChI=1S/C26H20BrFN2O5/c1-15-10-19(7-9-22(15)27)30-25(32)21(24(31)29-26(30)33)12-17-6-8-20(34-2)13-23(17)35-14-16-4-3-5-18(28)11-16/h3-13H,14H2,1-2H3,(H,29,31,33)/b21-12-. The monoisotopic (exact) mass is 538 g/mol. The molecule has 0 radical (unpaired) electrons. The third-order valence-corrected chi connectivity index (χ3v) is 6.20. The van der Waals surface area contributed by atoms with Crippen molar-refractivity contribution in [3.63, 3.8) is 0 Å². The van der Waals surface area contributed by atoms with Gasteiger partial charge in [-0.25, -0.2) is 14.1 Å². The zero-order valence-corrected chi connectivity index (χ0v) is 20.4. The predicted molar refractivity (Wildman–Crippen MR) is 132 cm³/mol. The first-order valence-corrected chi connectivity index (χ1v) is 11.3. The molecule has 1 aliphatic rings. The number of barbiturate groups is 1. The van der Waals surface area contributed by atoms with Gasteiger partial charge in [-0.05, 0) is 66.6 Å². The molecule has 0 unspecified atom stereocenters. The maximum atomic E-state index is 13.5. The first kappa shape index (κ1) is 24.2. The van der Waals surface area contributed by atoms with Gasteiger partial charge < -0.3 is 9.47 Å². The van der Waals surface area contributed by atoms with Gasteiger partial charge in [0.25, 0.3) is 11.8 Å². The minimum atomic E-state index is -0.837. The molecule has 1 heterocycles. The molecule has 1 fully saturated rings. The van der Waals surface area contributed by atoms with Crippen molar-refractivity contribution in [2.75, 3.05) is 12.0 Å². The smallest absolute Gasteiger partial charge is 0.335 e. The summed E-state index contributed by atoms with van der Waals surface area (Å²) >= 11 is 3.39. The van der Waals surface area contributed by atoms with Gasteiger partial charge in [-0.3, -0.25) is 14.9 Å². The van der Waals surface area contributed by atoms with E-state index in [1.165, 1.54) is 25.3 Å². The van der Waals surface area contributed by atoms with Crippen LogP contribution in [0.25, 0.3) is 6.08 Å². The van der Waals surface area contributed by atoms with Crippen LogP contribution < -0.4 is 19.7 Å². The molecule has 0 atom stereocenters. The molecular weight excluding hydrogens is 519 g/mol. The molecule has 7 nitrogen and oxygen atoms in total. The lowest BCUT2D eigenvalue weighted by Crippen LogP contribution is -2.54. The van der Waals surface area contributed by atoms with Crippen LogP contribution in [0.2, 0.25) is 0 Å². The number of imide groups is 2. The summed E-state index contributed by atoms with van der Waals surface area (Å²) in [6.45, 7) is 1.87. The van der Waals surface area contributed by atoms with Crippen molar-refractivity contribution in [3.05, 3.63) is 93.2 Å². The number of nitrogens with one attached hydrogen (secondary N) is 1. The lowest BCUT2D eigenvalue weighted by molar-refractivity contribution is -0.122. The fraction of sp³-hybridized carbons (Fsp3) is 0.115. The van der Waals surface area contributed by atoms with Crippen molar-refractivity contribution >= 4 is 45.5 Å². The van der Waals surface area contributed by atoms with E-state index in [4.69, 9.17) is 9.47 Å². The van der Waals surface area contributed by atoms with Crippen LogP contribution in [0.1, 0.15) is 16.7 Å². The number of nitrogens with zero attached hydrogens (tertiary/aromatic N) is 1. The van der Waals surface area contributed by atoms with Crippen molar-refractivity contribution in [1.82, 2.24) is 5.32 Å². The first-order chi connectivity index (χ1) is 16.8. The highest BCUT2D eigenvalue weighted by Gasteiger charge is 2.37. The fourth-order valence-electron chi connectivity index (χ4n) is 3.49. The highest BCUT2D eigenvalue weighted by molar-refractivity contribution is 9.10. The first-order valence-electron chi connectivity index (χ1n) is 10.5. The topological polar surface area (TPSA) is 84.9 Å². The van der Waals surface area contributed by atoms with Crippen molar-refractivity contribution in [3.8, 4) is 11.5 Å². The van der Waals surface area contributed by atoms with Crippen LogP contribution in [0.3, 0.4) is 0 Å². The Morgan fingerprint density at radius 2 is 1.86 bits per heavy atom. The van der Waals surface area contributed by atoms with Gasteiger partial charge in [0.05, 0.1) is 12.8 Å². The van der Waals surface area contributed by atoms with E-state index in [2.05, 4.69) is 21.2 Å². The second-order valence-electron chi connectivity index (χ2n) is 7.71. The number of methoxy groups -OCH3 is 1. The van der Waals surface area contributed by atoms with E-state index in [0.717, 1.165) is 14.9 Å². The van der Waals surface area contributed by atoms with Crippen molar-refractivity contribution in [1.29, 1.82) is 0 Å². The van der Waals surface area contributed by atoms with Gasteiger partial charge in [0.2, 0.25) is 0 Å². The van der Waals surface area contributed by atoms with Crippen molar-refractivity contribution < 1.29 is 28.2 Å².